The molecule has 4 rings (SSSR count). The second kappa shape index (κ2) is 11.2. The maximum atomic E-state index is 12.1. The molecule has 1 aliphatic rings. The van der Waals surface area contributed by atoms with Gasteiger partial charge >= 0.3 is 12.1 Å². The number of nitrogens with one attached hydrogen (secondary N) is 2. The Morgan fingerprint density at radius 1 is 1.25 bits per heavy atom. The summed E-state index contributed by atoms with van der Waals surface area (Å²) < 4.78 is 6.86. The van der Waals surface area contributed by atoms with Gasteiger partial charge < -0.3 is 29.9 Å². The number of nitrogens with zero attached hydrogens (tertiary/aromatic N) is 6. The van der Waals surface area contributed by atoms with E-state index in [4.69, 9.17) is 10.00 Å². The number of carbonyl (C=O) groups is 2. The van der Waals surface area contributed by atoms with Gasteiger partial charge in [-0.25, -0.2) is 24.5 Å². The monoisotopic (exact) mass is 490 g/mol. The van der Waals surface area contributed by atoms with Crippen LogP contribution in [0.3, 0.4) is 0 Å². The zero-order valence-corrected chi connectivity index (χ0v) is 19.7. The molecular formula is C24H26N8O4. The molecule has 0 bridgehead atoms. The first kappa shape index (κ1) is 24.5. The van der Waals surface area contributed by atoms with E-state index >= 15 is 0 Å². The molecule has 36 heavy (non-hydrogen) atoms. The van der Waals surface area contributed by atoms with E-state index in [1.165, 1.54) is 17.3 Å². The lowest BCUT2D eigenvalue weighted by Gasteiger charge is -2.31. The number of likely N-dealkylation sites (tertiary alicyclic amines) is 1. The molecule has 12 heteroatoms. The third-order valence-corrected chi connectivity index (χ3v) is 5.76. The molecule has 3 N–H and O–H groups in total. The average Bonchev–Trinajstić information content (AvgIpc) is 3.39. The average molecular weight is 491 g/mol. The summed E-state index contributed by atoms with van der Waals surface area (Å²) in [6.45, 7) is 3.60. The highest BCUT2D eigenvalue weighted by molar-refractivity contribution is 5.89. The molecule has 1 atom stereocenters. The number of esters is 1. The van der Waals surface area contributed by atoms with E-state index in [9.17, 15) is 14.7 Å². The maximum absolute atomic E-state index is 12.1. The number of ether oxygens (including phenoxy) is 1. The topological polar surface area (TPSA) is 158 Å². The van der Waals surface area contributed by atoms with E-state index in [2.05, 4.69) is 25.6 Å². The molecule has 4 heterocycles. The number of nitriles is 1. The number of carbonyl (C=O) groups excluding carboxylic acids is 1. The molecule has 0 aliphatic carbocycles. The van der Waals surface area contributed by atoms with E-state index < -0.39 is 12.1 Å². The van der Waals surface area contributed by atoms with E-state index in [-0.39, 0.29) is 18.2 Å². The Morgan fingerprint density at radius 3 is 2.81 bits per heavy atom. The van der Waals surface area contributed by atoms with Crippen LogP contribution in [0, 0.1) is 17.2 Å². The van der Waals surface area contributed by atoms with Crippen LogP contribution in [-0.2, 0) is 4.74 Å². The van der Waals surface area contributed by atoms with Crippen LogP contribution in [0.15, 0.2) is 43.1 Å². The molecule has 1 saturated heterocycles. The molecule has 1 fully saturated rings. The molecule has 1 aliphatic heterocycles. The zero-order chi connectivity index (χ0) is 25.5. The van der Waals surface area contributed by atoms with Gasteiger partial charge in [0.1, 0.15) is 17.7 Å². The standard InChI is InChI=1S/C24H26N8O4/c1-2-36-23(33)17-5-7-31(15-17)20-12-29-21(30-22-13-26-18(9-25)11-28-22)8-19(20)27-10-16-4-3-6-32(14-16)24(34)35/h5,7-8,11-13,15-16H,2-4,6,10,14H2,1H3,(H,34,35)(H2,27,28,29,30). The first-order valence-electron chi connectivity index (χ1n) is 11.5. The summed E-state index contributed by atoms with van der Waals surface area (Å²) >= 11 is 0. The molecule has 3 aromatic heterocycles. The lowest BCUT2D eigenvalue weighted by Crippen LogP contribution is -2.41. The Labute approximate surface area is 207 Å². The van der Waals surface area contributed by atoms with Gasteiger partial charge in [0.25, 0.3) is 0 Å². The van der Waals surface area contributed by atoms with E-state index in [0.717, 1.165) is 18.5 Å². The van der Waals surface area contributed by atoms with Gasteiger partial charge in [-0.15, -0.1) is 0 Å². The number of pyridine rings is 1. The van der Waals surface area contributed by atoms with Crippen LogP contribution < -0.4 is 10.6 Å². The first-order valence-corrected chi connectivity index (χ1v) is 11.5. The van der Waals surface area contributed by atoms with Crippen molar-refractivity contribution in [3.05, 3.63) is 54.4 Å². The van der Waals surface area contributed by atoms with Crippen LogP contribution in [0.25, 0.3) is 5.69 Å². The quantitative estimate of drug-likeness (QED) is 0.400. The minimum Gasteiger partial charge on any atom is -0.465 e. The van der Waals surface area contributed by atoms with Crippen molar-refractivity contribution in [1.82, 2.24) is 24.4 Å². The van der Waals surface area contributed by atoms with Crippen LogP contribution in [0.2, 0.25) is 0 Å². The molecule has 186 valence electrons. The summed E-state index contributed by atoms with van der Waals surface area (Å²) in [5, 5.41) is 24.8. The number of carboxylic acid groups (broad SMARTS) is 1. The Bertz CT molecular complexity index is 1270. The summed E-state index contributed by atoms with van der Waals surface area (Å²) in [7, 11) is 0. The number of anilines is 3. The summed E-state index contributed by atoms with van der Waals surface area (Å²) in [5.74, 6) is 0.660. The number of aromatic nitrogens is 4. The molecule has 1 unspecified atom stereocenters. The highest BCUT2D eigenvalue weighted by Crippen LogP contribution is 2.26. The van der Waals surface area contributed by atoms with Gasteiger partial charge in [-0.3, -0.25) is 0 Å². The Balaban J connectivity index is 1.58. The normalized spacial score (nSPS) is 15.1. The van der Waals surface area contributed by atoms with Gasteiger partial charge in [-0.1, -0.05) is 0 Å². The van der Waals surface area contributed by atoms with Crippen LogP contribution in [-0.4, -0.2) is 67.8 Å². The molecule has 0 aromatic carbocycles. The predicted molar refractivity (Wildman–Crippen MR) is 130 cm³/mol. The minimum atomic E-state index is -0.904. The van der Waals surface area contributed by atoms with Crippen LogP contribution in [0.5, 0.6) is 0 Å². The van der Waals surface area contributed by atoms with Gasteiger partial charge in [-0.2, -0.15) is 5.26 Å². The van der Waals surface area contributed by atoms with Crippen molar-refractivity contribution in [2.24, 2.45) is 5.92 Å². The summed E-state index contributed by atoms with van der Waals surface area (Å²) in [5.41, 5.74) is 2.06. The third kappa shape index (κ3) is 5.87. The zero-order valence-electron chi connectivity index (χ0n) is 19.7. The van der Waals surface area contributed by atoms with Crippen molar-refractivity contribution in [3.8, 4) is 11.8 Å². The van der Waals surface area contributed by atoms with Crippen molar-refractivity contribution in [2.45, 2.75) is 19.8 Å². The third-order valence-electron chi connectivity index (χ3n) is 5.76. The lowest BCUT2D eigenvalue weighted by molar-refractivity contribution is 0.0526. The molecule has 3 aromatic rings. The summed E-state index contributed by atoms with van der Waals surface area (Å²) in [6, 6.07) is 5.40. The van der Waals surface area contributed by atoms with E-state index in [1.54, 1.807) is 42.2 Å². The first-order chi connectivity index (χ1) is 17.5. The smallest absolute Gasteiger partial charge is 0.407 e. The molecule has 0 spiro atoms. The highest BCUT2D eigenvalue weighted by Gasteiger charge is 2.23. The van der Waals surface area contributed by atoms with Crippen LogP contribution in [0.1, 0.15) is 35.8 Å². The van der Waals surface area contributed by atoms with Crippen LogP contribution >= 0.6 is 0 Å². The van der Waals surface area contributed by atoms with Crippen molar-refractivity contribution in [1.29, 1.82) is 5.26 Å². The number of rotatable bonds is 8. The molecular weight excluding hydrogens is 464 g/mol. The van der Waals surface area contributed by atoms with E-state index in [0.29, 0.717) is 42.5 Å². The van der Waals surface area contributed by atoms with Gasteiger partial charge in [-0.05, 0) is 31.7 Å². The summed E-state index contributed by atoms with van der Waals surface area (Å²) in [4.78, 5) is 37.6. The van der Waals surface area contributed by atoms with Crippen LogP contribution in [0.4, 0.5) is 22.1 Å². The molecule has 1 amide bonds. The lowest BCUT2D eigenvalue weighted by atomic mass is 9.98. The van der Waals surface area contributed by atoms with Crippen molar-refractivity contribution < 1.29 is 19.4 Å². The van der Waals surface area contributed by atoms with Gasteiger partial charge in [0.05, 0.1) is 42.1 Å². The maximum Gasteiger partial charge on any atom is 0.407 e. The fourth-order valence-electron chi connectivity index (χ4n) is 3.99. The number of hydrogen-bond acceptors (Lipinski definition) is 9. The highest BCUT2D eigenvalue weighted by atomic mass is 16.5. The van der Waals surface area contributed by atoms with Crippen molar-refractivity contribution in [3.63, 3.8) is 0 Å². The Morgan fingerprint density at radius 2 is 2.08 bits per heavy atom. The number of piperidine rings is 1. The van der Waals surface area contributed by atoms with Crippen molar-refractivity contribution in [2.75, 3.05) is 36.9 Å². The number of hydrogen-bond donors (Lipinski definition) is 3. The largest absolute Gasteiger partial charge is 0.465 e. The molecule has 0 radical (unpaired) electrons. The predicted octanol–water partition coefficient (Wildman–Crippen LogP) is 3.26. The fourth-order valence-corrected chi connectivity index (χ4v) is 3.99. The van der Waals surface area contributed by atoms with Gasteiger partial charge in [0.2, 0.25) is 0 Å². The number of amides is 1. The Kier molecular flexibility index (Phi) is 7.60. The summed E-state index contributed by atoms with van der Waals surface area (Å²) in [6.07, 6.45) is 8.71. The second-order valence-corrected chi connectivity index (χ2v) is 8.26. The van der Waals surface area contributed by atoms with E-state index in [1.807, 2.05) is 6.07 Å². The SMILES string of the molecule is CCOC(=O)c1ccn(-c2cnc(Nc3cnc(C#N)cn3)cc2NCC2CCCN(C(=O)O)C2)c1. The molecule has 12 nitrogen and oxygen atoms in total. The minimum absolute atomic E-state index is 0.149. The van der Waals surface area contributed by atoms with Gasteiger partial charge in [0, 0.05) is 38.1 Å². The fraction of sp³-hybridized carbons (Fsp3) is 0.333. The van der Waals surface area contributed by atoms with Crippen molar-refractivity contribution >= 4 is 29.4 Å². The van der Waals surface area contributed by atoms with Gasteiger partial charge in [0.15, 0.2) is 5.69 Å². The molecule has 0 saturated carbocycles. The Hall–Kier alpha value is -4.66. The second-order valence-electron chi connectivity index (χ2n) is 8.26.